The SMILES string of the molecule is Cc1ccc(C(=O)Oc2ccc(N(C)C(=O)c3ccc(OC(=O)C4CCC(C(=O)Oc5ccc(OC(=O)c6ccc(C)cc6)cc5/C=C/C(=O)c5ccc(Cl)s5)CC4)cc3)cc2)cc1. The molecule has 1 aliphatic carbocycles. The first kappa shape index (κ1) is 44.9. The Morgan fingerprint density at radius 1 is 0.578 bits per heavy atom. The van der Waals surface area contributed by atoms with Crippen molar-refractivity contribution >= 4 is 70.3 Å². The van der Waals surface area contributed by atoms with Crippen LogP contribution in [0.1, 0.15) is 83.1 Å². The lowest BCUT2D eigenvalue weighted by molar-refractivity contribution is -0.145. The number of carbonyl (C=O) groups excluding carboxylic acids is 6. The van der Waals surface area contributed by atoms with Crippen LogP contribution in [0.2, 0.25) is 4.34 Å². The maximum atomic E-state index is 13.5. The number of allylic oxidation sites excluding steroid dienone is 1. The minimum Gasteiger partial charge on any atom is -0.426 e. The maximum Gasteiger partial charge on any atom is 0.343 e. The van der Waals surface area contributed by atoms with Gasteiger partial charge in [-0.25, -0.2) is 9.59 Å². The van der Waals surface area contributed by atoms with Crippen LogP contribution in [0, 0.1) is 25.7 Å². The summed E-state index contributed by atoms with van der Waals surface area (Å²) in [5.74, 6) is -2.58. The molecule has 1 aliphatic rings. The van der Waals surface area contributed by atoms with E-state index in [0.717, 1.165) is 22.5 Å². The van der Waals surface area contributed by atoms with Crippen LogP contribution in [0.3, 0.4) is 0 Å². The summed E-state index contributed by atoms with van der Waals surface area (Å²) in [5.41, 5.74) is 4.09. The molecule has 5 aromatic carbocycles. The number of hydrogen-bond donors (Lipinski definition) is 0. The van der Waals surface area contributed by atoms with Crippen LogP contribution in [0.5, 0.6) is 23.0 Å². The van der Waals surface area contributed by atoms with Crippen molar-refractivity contribution in [2.75, 3.05) is 11.9 Å². The monoisotopic (exact) mass is 895 g/mol. The Morgan fingerprint density at radius 2 is 1.06 bits per heavy atom. The van der Waals surface area contributed by atoms with Gasteiger partial charge in [-0.2, -0.15) is 0 Å². The summed E-state index contributed by atoms with van der Waals surface area (Å²) in [6.07, 6.45) is 4.36. The third-order valence-electron chi connectivity index (χ3n) is 10.7. The summed E-state index contributed by atoms with van der Waals surface area (Å²) >= 11 is 7.16. The zero-order valence-electron chi connectivity index (χ0n) is 35.1. The fourth-order valence-corrected chi connectivity index (χ4v) is 7.85. The highest BCUT2D eigenvalue weighted by Crippen LogP contribution is 2.34. The number of halogens is 1. The van der Waals surface area contributed by atoms with Crippen molar-refractivity contribution < 1.29 is 47.7 Å². The van der Waals surface area contributed by atoms with E-state index >= 15 is 0 Å². The summed E-state index contributed by atoms with van der Waals surface area (Å²) < 4.78 is 23.1. The third-order valence-corrected chi connectivity index (χ3v) is 11.9. The van der Waals surface area contributed by atoms with E-state index in [1.807, 2.05) is 26.0 Å². The number of benzene rings is 5. The van der Waals surface area contributed by atoms with Crippen molar-refractivity contribution in [2.45, 2.75) is 39.5 Å². The number of ether oxygens (including phenoxy) is 4. The van der Waals surface area contributed by atoms with Crippen molar-refractivity contribution in [3.8, 4) is 23.0 Å². The average Bonchev–Trinajstić information content (AvgIpc) is 3.75. The van der Waals surface area contributed by atoms with Gasteiger partial charge in [0.15, 0.2) is 5.78 Å². The molecule has 1 saturated carbocycles. The first-order valence-electron chi connectivity index (χ1n) is 20.4. The minimum atomic E-state index is -0.574. The standard InChI is InChI=1S/C51H42ClNO10S/c1-31-4-8-34(9-5-31)48(56)61-41-23-19-39(20-24-41)53(3)47(55)33-16-21-40(22-17-33)60-49(57)36-12-14-37(15-13-36)51(59)63-44-27-25-42(62-50(58)35-10-6-32(2)7-11-35)30-38(44)18-26-43(54)45-28-29-46(52)64-45/h4-11,16-30,36-37H,12-15H2,1-3H3/b26-18+. The van der Waals surface area contributed by atoms with E-state index in [2.05, 4.69) is 0 Å². The van der Waals surface area contributed by atoms with Gasteiger partial charge in [0.05, 0.1) is 32.2 Å². The summed E-state index contributed by atoms with van der Waals surface area (Å²) in [5, 5.41) is 0. The summed E-state index contributed by atoms with van der Waals surface area (Å²) in [6, 6.07) is 34.6. The van der Waals surface area contributed by atoms with Crippen LogP contribution in [0.4, 0.5) is 5.69 Å². The van der Waals surface area contributed by atoms with Crippen molar-refractivity contribution in [2.24, 2.45) is 11.8 Å². The molecular weight excluding hydrogens is 854 g/mol. The minimum absolute atomic E-state index is 0.165. The molecule has 11 nitrogen and oxygen atoms in total. The lowest BCUT2D eigenvalue weighted by Gasteiger charge is -2.26. The lowest BCUT2D eigenvalue weighted by Crippen LogP contribution is -2.30. The molecule has 0 bridgehead atoms. The van der Waals surface area contributed by atoms with Gasteiger partial charge >= 0.3 is 23.9 Å². The summed E-state index contributed by atoms with van der Waals surface area (Å²) in [4.78, 5) is 80.1. The van der Waals surface area contributed by atoms with Gasteiger partial charge in [-0.05, 0) is 155 Å². The second-order valence-corrected chi connectivity index (χ2v) is 17.0. The molecular formula is C51H42ClNO10S. The molecule has 1 amide bonds. The molecule has 64 heavy (non-hydrogen) atoms. The van der Waals surface area contributed by atoms with E-state index in [4.69, 9.17) is 30.5 Å². The highest BCUT2D eigenvalue weighted by atomic mass is 35.5. The number of rotatable bonds is 13. The Labute approximate surface area is 378 Å². The molecule has 0 spiro atoms. The second-order valence-electron chi connectivity index (χ2n) is 15.3. The smallest absolute Gasteiger partial charge is 0.343 e. The Morgan fingerprint density at radius 3 is 1.61 bits per heavy atom. The maximum absolute atomic E-state index is 13.5. The van der Waals surface area contributed by atoms with Crippen LogP contribution in [-0.2, 0) is 9.59 Å². The van der Waals surface area contributed by atoms with Gasteiger partial charge in [0, 0.05) is 23.9 Å². The van der Waals surface area contributed by atoms with Crippen molar-refractivity contribution in [3.05, 3.63) is 176 Å². The van der Waals surface area contributed by atoms with E-state index < -0.39 is 35.7 Å². The Kier molecular flexibility index (Phi) is 14.3. The normalized spacial score (nSPS) is 14.6. The Hall–Kier alpha value is -7.15. The Balaban J connectivity index is 0.917. The van der Waals surface area contributed by atoms with Crippen molar-refractivity contribution in [1.82, 2.24) is 0 Å². The molecule has 0 saturated heterocycles. The molecule has 0 aliphatic heterocycles. The van der Waals surface area contributed by atoms with E-state index in [0.29, 0.717) is 68.6 Å². The average molecular weight is 896 g/mol. The van der Waals surface area contributed by atoms with Crippen LogP contribution in [0.25, 0.3) is 6.08 Å². The molecule has 0 unspecified atom stereocenters. The van der Waals surface area contributed by atoms with Gasteiger partial charge in [0.1, 0.15) is 23.0 Å². The highest BCUT2D eigenvalue weighted by molar-refractivity contribution is 7.18. The molecule has 0 radical (unpaired) electrons. The van der Waals surface area contributed by atoms with Crippen LogP contribution in [0.15, 0.2) is 133 Å². The van der Waals surface area contributed by atoms with Crippen molar-refractivity contribution in [3.63, 3.8) is 0 Å². The number of hydrogen-bond acceptors (Lipinski definition) is 11. The van der Waals surface area contributed by atoms with Gasteiger partial charge in [0.25, 0.3) is 5.91 Å². The van der Waals surface area contributed by atoms with Gasteiger partial charge in [0.2, 0.25) is 0 Å². The zero-order valence-corrected chi connectivity index (χ0v) is 36.7. The summed E-state index contributed by atoms with van der Waals surface area (Å²) in [6.45, 7) is 3.84. The molecule has 7 rings (SSSR count). The quantitative estimate of drug-likeness (QED) is 0.0476. The zero-order chi connectivity index (χ0) is 45.3. The number of carbonyl (C=O) groups is 6. The second kappa shape index (κ2) is 20.4. The van der Waals surface area contributed by atoms with Crippen LogP contribution >= 0.6 is 22.9 Å². The molecule has 6 aromatic rings. The predicted molar refractivity (Wildman–Crippen MR) is 244 cm³/mol. The van der Waals surface area contributed by atoms with Gasteiger partial charge in [-0.15, -0.1) is 11.3 Å². The molecule has 324 valence electrons. The molecule has 1 fully saturated rings. The number of amides is 1. The molecule has 1 aromatic heterocycles. The van der Waals surface area contributed by atoms with Gasteiger partial charge in [-0.1, -0.05) is 47.0 Å². The topological polar surface area (TPSA) is 143 Å². The van der Waals surface area contributed by atoms with Crippen molar-refractivity contribution in [1.29, 1.82) is 0 Å². The number of nitrogens with zero attached hydrogens (tertiary/aromatic N) is 1. The first-order chi connectivity index (χ1) is 30.8. The fourth-order valence-electron chi connectivity index (χ4n) is 6.89. The predicted octanol–water partition coefficient (Wildman–Crippen LogP) is 10.9. The number of esters is 4. The molecule has 13 heteroatoms. The van der Waals surface area contributed by atoms with E-state index in [1.54, 1.807) is 104 Å². The fraction of sp³-hybridized carbons (Fsp3) is 0.176. The van der Waals surface area contributed by atoms with Gasteiger partial charge in [-0.3, -0.25) is 19.2 Å². The molecule has 1 heterocycles. The van der Waals surface area contributed by atoms with E-state index in [-0.39, 0.29) is 28.9 Å². The Bertz CT molecular complexity index is 2720. The van der Waals surface area contributed by atoms with Crippen LogP contribution in [-0.4, -0.2) is 42.6 Å². The summed E-state index contributed by atoms with van der Waals surface area (Å²) in [7, 11) is 1.63. The highest BCUT2D eigenvalue weighted by Gasteiger charge is 2.32. The number of aryl methyl sites for hydroxylation is 2. The number of ketones is 1. The number of thiophene rings is 1. The largest absolute Gasteiger partial charge is 0.426 e. The van der Waals surface area contributed by atoms with Crippen LogP contribution < -0.4 is 23.8 Å². The third kappa shape index (κ3) is 11.5. The molecule has 0 atom stereocenters. The van der Waals surface area contributed by atoms with Gasteiger partial charge < -0.3 is 23.8 Å². The lowest BCUT2D eigenvalue weighted by atomic mass is 9.82. The first-order valence-corrected chi connectivity index (χ1v) is 21.6. The van der Waals surface area contributed by atoms with E-state index in [9.17, 15) is 28.8 Å². The van der Waals surface area contributed by atoms with E-state index in [1.165, 1.54) is 35.3 Å². The number of anilines is 1. The molecule has 0 N–H and O–H groups in total.